The van der Waals surface area contributed by atoms with Gasteiger partial charge in [0.05, 0.1) is 16.9 Å². The highest BCUT2D eigenvalue weighted by molar-refractivity contribution is 6.35. The van der Waals surface area contributed by atoms with E-state index in [0.717, 1.165) is 0 Å². The van der Waals surface area contributed by atoms with Gasteiger partial charge in [0, 0.05) is 10.7 Å². The summed E-state index contributed by atoms with van der Waals surface area (Å²) in [5.74, 6) is 0.282. The average Bonchev–Trinajstić information content (AvgIpc) is 2.51. The lowest BCUT2D eigenvalue weighted by atomic mass is 10.3. The Balaban J connectivity index is 1.81. The smallest absolute Gasteiger partial charge is 0.249 e. The summed E-state index contributed by atoms with van der Waals surface area (Å²) in [4.78, 5) is 4.24. The summed E-state index contributed by atoms with van der Waals surface area (Å²) in [6.07, 6.45) is 1.44. The van der Waals surface area contributed by atoms with E-state index in [2.05, 4.69) is 25.8 Å². The van der Waals surface area contributed by atoms with Gasteiger partial charge in [-0.1, -0.05) is 29.3 Å². The van der Waals surface area contributed by atoms with Crippen molar-refractivity contribution in [2.75, 3.05) is 10.6 Å². The first kappa shape index (κ1) is 15.5. The number of nitrogens with zero attached hydrogens (tertiary/aromatic N) is 3. The molecule has 0 radical (unpaired) electrons. The van der Waals surface area contributed by atoms with E-state index in [-0.39, 0.29) is 11.8 Å². The minimum atomic E-state index is -0.358. The number of anilines is 4. The van der Waals surface area contributed by atoms with Gasteiger partial charge in [-0.15, -0.1) is 5.10 Å². The number of halogens is 3. The Morgan fingerprint density at radius 2 is 1.87 bits per heavy atom. The molecular formula is C15H10Cl2FN5. The molecule has 0 atom stereocenters. The van der Waals surface area contributed by atoms with Crippen molar-refractivity contribution in [2.45, 2.75) is 0 Å². The van der Waals surface area contributed by atoms with Crippen molar-refractivity contribution >= 4 is 46.3 Å². The Morgan fingerprint density at radius 1 is 1.00 bits per heavy atom. The van der Waals surface area contributed by atoms with Gasteiger partial charge in [-0.05, 0) is 36.4 Å². The molecule has 0 aliphatic carbocycles. The molecule has 0 saturated carbocycles. The Bertz CT molecular complexity index is 844. The zero-order valence-electron chi connectivity index (χ0n) is 11.6. The van der Waals surface area contributed by atoms with Crippen LogP contribution in [0.1, 0.15) is 0 Å². The molecule has 0 bridgehead atoms. The first-order valence-corrected chi connectivity index (χ1v) is 7.30. The van der Waals surface area contributed by atoms with Crippen LogP contribution in [-0.4, -0.2) is 15.2 Å². The number of benzene rings is 2. The van der Waals surface area contributed by atoms with Crippen molar-refractivity contribution in [3.63, 3.8) is 0 Å². The highest BCUT2D eigenvalue weighted by Crippen LogP contribution is 2.27. The standard InChI is InChI=1S/C15H10Cl2FN5/c16-9-4-5-12(17)13(6-9)21-14-8-19-23-15(22-14)20-11-3-1-2-10(18)7-11/h1-8H,(H2,20,21,22,23). The zero-order chi connectivity index (χ0) is 16.2. The molecular weight excluding hydrogens is 340 g/mol. The lowest BCUT2D eigenvalue weighted by molar-refractivity contribution is 0.628. The third-order valence-electron chi connectivity index (χ3n) is 2.83. The van der Waals surface area contributed by atoms with E-state index in [9.17, 15) is 4.39 Å². The highest BCUT2D eigenvalue weighted by atomic mass is 35.5. The van der Waals surface area contributed by atoms with Crippen LogP contribution in [0, 0.1) is 5.82 Å². The number of nitrogens with one attached hydrogen (secondary N) is 2. The monoisotopic (exact) mass is 349 g/mol. The Hall–Kier alpha value is -2.44. The van der Waals surface area contributed by atoms with Gasteiger partial charge in [-0.25, -0.2) is 4.39 Å². The number of hydrogen-bond acceptors (Lipinski definition) is 5. The maximum Gasteiger partial charge on any atom is 0.249 e. The second-order valence-corrected chi connectivity index (χ2v) is 5.39. The SMILES string of the molecule is Fc1cccc(Nc2nncc(Nc3cc(Cl)ccc3Cl)n2)c1. The predicted octanol–water partition coefficient (Wildman–Crippen LogP) is 4.80. The first-order chi connectivity index (χ1) is 11.1. The topological polar surface area (TPSA) is 62.7 Å². The molecule has 116 valence electrons. The summed E-state index contributed by atoms with van der Waals surface area (Å²) in [5, 5.41) is 14.6. The molecule has 3 aromatic rings. The summed E-state index contributed by atoms with van der Waals surface area (Å²) in [6, 6.07) is 11.0. The molecule has 0 spiro atoms. The van der Waals surface area contributed by atoms with Gasteiger partial charge >= 0.3 is 0 Å². The first-order valence-electron chi connectivity index (χ1n) is 6.54. The van der Waals surface area contributed by atoms with Crippen LogP contribution in [0.5, 0.6) is 0 Å². The molecule has 1 heterocycles. The second kappa shape index (κ2) is 6.76. The zero-order valence-corrected chi connectivity index (χ0v) is 13.1. The summed E-state index contributed by atoms with van der Waals surface area (Å²) in [5.41, 5.74) is 1.11. The van der Waals surface area contributed by atoms with E-state index in [1.807, 2.05) is 0 Å². The Labute approximate surface area is 141 Å². The normalized spacial score (nSPS) is 10.4. The largest absolute Gasteiger partial charge is 0.338 e. The van der Waals surface area contributed by atoms with Crippen molar-refractivity contribution in [3.05, 3.63) is 64.5 Å². The van der Waals surface area contributed by atoms with E-state index in [4.69, 9.17) is 23.2 Å². The fraction of sp³-hybridized carbons (Fsp3) is 0. The van der Waals surface area contributed by atoms with Crippen LogP contribution in [0.25, 0.3) is 0 Å². The van der Waals surface area contributed by atoms with Gasteiger partial charge < -0.3 is 10.6 Å². The summed E-state index contributed by atoms with van der Waals surface area (Å²) < 4.78 is 13.2. The number of aromatic nitrogens is 3. The van der Waals surface area contributed by atoms with E-state index < -0.39 is 0 Å². The Kier molecular flexibility index (Phi) is 4.55. The van der Waals surface area contributed by atoms with Gasteiger partial charge in [-0.2, -0.15) is 10.1 Å². The molecule has 0 aliphatic heterocycles. The van der Waals surface area contributed by atoms with Crippen LogP contribution in [0.2, 0.25) is 10.0 Å². The summed E-state index contributed by atoms with van der Waals surface area (Å²) in [6.45, 7) is 0. The fourth-order valence-electron chi connectivity index (χ4n) is 1.84. The molecule has 0 aliphatic rings. The molecule has 0 unspecified atom stereocenters. The molecule has 2 N–H and O–H groups in total. The van der Waals surface area contributed by atoms with Crippen molar-refractivity contribution in [2.24, 2.45) is 0 Å². The maximum atomic E-state index is 13.2. The minimum Gasteiger partial charge on any atom is -0.338 e. The average molecular weight is 350 g/mol. The van der Waals surface area contributed by atoms with Crippen molar-refractivity contribution < 1.29 is 4.39 Å². The molecule has 5 nitrogen and oxygen atoms in total. The van der Waals surface area contributed by atoms with E-state index in [1.54, 1.807) is 30.3 Å². The molecule has 2 aromatic carbocycles. The van der Waals surface area contributed by atoms with Crippen molar-refractivity contribution in [3.8, 4) is 0 Å². The molecule has 3 rings (SSSR count). The van der Waals surface area contributed by atoms with E-state index in [0.29, 0.717) is 27.2 Å². The van der Waals surface area contributed by atoms with E-state index >= 15 is 0 Å². The quantitative estimate of drug-likeness (QED) is 0.707. The highest BCUT2D eigenvalue weighted by Gasteiger charge is 2.06. The Morgan fingerprint density at radius 3 is 2.70 bits per heavy atom. The van der Waals surface area contributed by atoms with Crippen LogP contribution in [0.3, 0.4) is 0 Å². The minimum absolute atomic E-state index is 0.221. The van der Waals surface area contributed by atoms with Crippen LogP contribution in [0.15, 0.2) is 48.7 Å². The molecule has 0 fully saturated rings. The van der Waals surface area contributed by atoms with Crippen molar-refractivity contribution in [1.29, 1.82) is 0 Å². The molecule has 8 heteroatoms. The lowest BCUT2D eigenvalue weighted by Gasteiger charge is -2.09. The predicted molar refractivity (Wildman–Crippen MR) is 89.3 cm³/mol. The third kappa shape index (κ3) is 4.06. The fourth-order valence-corrected chi connectivity index (χ4v) is 2.18. The summed E-state index contributed by atoms with van der Waals surface area (Å²) in [7, 11) is 0. The van der Waals surface area contributed by atoms with Crippen LogP contribution < -0.4 is 10.6 Å². The molecule has 0 saturated heterocycles. The van der Waals surface area contributed by atoms with Crippen LogP contribution in [0.4, 0.5) is 27.5 Å². The molecule has 0 amide bonds. The third-order valence-corrected chi connectivity index (χ3v) is 3.40. The van der Waals surface area contributed by atoms with E-state index in [1.165, 1.54) is 18.3 Å². The second-order valence-electron chi connectivity index (χ2n) is 4.55. The maximum absolute atomic E-state index is 13.2. The van der Waals surface area contributed by atoms with Crippen LogP contribution in [-0.2, 0) is 0 Å². The van der Waals surface area contributed by atoms with Gasteiger partial charge in [-0.3, -0.25) is 0 Å². The molecule has 23 heavy (non-hydrogen) atoms. The lowest BCUT2D eigenvalue weighted by Crippen LogP contribution is -2.02. The van der Waals surface area contributed by atoms with Gasteiger partial charge in [0.2, 0.25) is 5.95 Å². The molecule has 1 aromatic heterocycles. The summed E-state index contributed by atoms with van der Waals surface area (Å²) >= 11 is 12.0. The number of rotatable bonds is 4. The van der Waals surface area contributed by atoms with Gasteiger partial charge in [0.1, 0.15) is 5.82 Å². The van der Waals surface area contributed by atoms with Gasteiger partial charge in [0.15, 0.2) is 5.82 Å². The van der Waals surface area contributed by atoms with Crippen LogP contribution >= 0.6 is 23.2 Å². The van der Waals surface area contributed by atoms with Crippen molar-refractivity contribution in [1.82, 2.24) is 15.2 Å². The number of hydrogen-bond donors (Lipinski definition) is 2. The van der Waals surface area contributed by atoms with Gasteiger partial charge in [0.25, 0.3) is 0 Å².